The quantitative estimate of drug-likeness (QED) is 0.898. The van der Waals surface area contributed by atoms with Gasteiger partial charge in [0.05, 0.1) is 6.10 Å². The predicted molar refractivity (Wildman–Crippen MR) is 78.3 cm³/mol. The molecular weight excluding hydrogens is 242 g/mol. The molecule has 2 nitrogen and oxygen atoms in total. The maximum absolute atomic E-state index is 5.72. The first-order chi connectivity index (χ1) is 8.55. The van der Waals surface area contributed by atoms with Crippen molar-refractivity contribution in [2.45, 2.75) is 58.1 Å². The van der Waals surface area contributed by atoms with Gasteiger partial charge in [0.15, 0.2) is 0 Å². The molecular formula is C15H25NOS. The molecule has 1 aromatic rings. The third-order valence-electron chi connectivity index (χ3n) is 3.35. The van der Waals surface area contributed by atoms with Crippen molar-refractivity contribution in [1.29, 1.82) is 0 Å². The molecule has 1 N–H and O–H groups in total. The standard InChI is InChI=1S/C15H25NOS/c1-15(2,3)14-8-7-13(18-14)11-16-10-12-6-4-5-9-17-12/h7-8,12,16H,4-6,9-11H2,1-3H3. The van der Waals surface area contributed by atoms with Gasteiger partial charge in [-0.3, -0.25) is 0 Å². The molecule has 1 aliphatic heterocycles. The summed E-state index contributed by atoms with van der Waals surface area (Å²) < 4.78 is 5.72. The van der Waals surface area contributed by atoms with E-state index in [-0.39, 0.29) is 5.41 Å². The van der Waals surface area contributed by atoms with Crippen LogP contribution in [0.25, 0.3) is 0 Å². The van der Waals surface area contributed by atoms with Crippen LogP contribution in [-0.2, 0) is 16.7 Å². The second-order valence-electron chi connectivity index (χ2n) is 6.14. The first kappa shape index (κ1) is 14.0. The van der Waals surface area contributed by atoms with Gasteiger partial charge in [-0.05, 0) is 36.8 Å². The molecule has 3 heteroatoms. The summed E-state index contributed by atoms with van der Waals surface area (Å²) in [7, 11) is 0. The molecule has 18 heavy (non-hydrogen) atoms. The SMILES string of the molecule is CC(C)(C)c1ccc(CNCC2CCCCO2)s1. The van der Waals surface area contributed by atoms with Crippen LogP contribution in [0.1, 0.15) is 49.8 Å². The van der Waals surface area contributed by atoms with Gasteiger partial charge >= 0.3 is 0 Å². The van der Waals surface area contributed by atoms with Crippen molar-refractivity contribution in [2.24, 2.45) is 0 Å². The van der Waals surface area contributed by atoms with Crippen molar-refractivity contribution < 1.29 is 4.74 Å². The number of nitrogens with one attached hydrogen (secondary N) is 1. The molecule has 2 heterocycles. The van der Waals surface area contributed by atoms with Gasteiger partial charge in [0.25, 0.3) is 0 Å². The summed E-state index contributed by atoms with van der Waals surface area (Å²) in [5, 5.41) is 3.52. The monoisotopic (exact) mass is 267 g/mol. The smallest absolute Gasteiger partial charge is 0.0699 e. The topological polar surface area (TPSA) is 21.3 Å². The number of ether oxygens (including phenoxy) is 1. The van der Waals surface area contributed by atoms with E-state index in [1.165, 1.54) is 29.0 Å². The first-order valence-corrected chi connectivity index (χ1v) is 7.79. The number of hydrogen-bond acceptors (Lipinski definition) is 3. The summed E-state index contributed by atoms with van der Waals surface area (Å²) in [4.78, 5) is 2.89. The van der Waals surface area contributed by atoms with Crippen molar-refractivity contribution in [3.8, 4) is 0 Å². The van der Waals surface area contributed by atoms with Crippen molar-refractivity contribution in [2.75, 3.05) is 13.2 Å². The molecule has 0 bridgehead atoms. The second-order valence-corrected chi connectivity index (χ2v) is 7.30. The van der Waals surface area contributed by atoms with E-state index < -0.39 is 0 Å². The molecule has 0 amide bonds. The molecule has 0 aromatic carbocycles. The van der Waals surface area contributed by atoms with Gasteiger partial charge in [-0.1, -0.05) is 20.8 Å². The third kappa shape index (κ3) is 4.08. The fourth-order valence-electron chi connectivity index (χ4n) is 2.20. The zero-order chi connectivity index (χ0) is 13.0. The van der Waals surface area contributed by atoms with Gasteiger partial charge in [-0.15, -0.1) is 11.3 Å². The van der Waals surface area contributed by atoms with Gasteiger partial charge < -0.3 is 10.1 Å². The highest BCUT2D eigenvalue weighted by molar-refractivity contribution is 7.12. The largest absolute Gasteiger partial charge is 0.377 e. The Morgan fingerprint density at radius 1 is 1.33 bits per heavy atom. The highest BCUT2D eigenvalue weighted by Crippen LogP contribution is 2.29. The Kier molecular flexibility index (Phi) is 4.82. The first-order valence-electron chi connectivity index (χ1n) is 6.97. The summed E-state index contributed by atoms with van der Waals surface area (Å²) >= 11 is 1.92. The van der Waals surface area contributed by atoms with Crippen LogP contribution in [0.4, 0.5) is 0 Å². The molecule has 2 rings (SSSR count). The van der Waals surface area contributed by atoms with Crippen LogP contribution >= 0.6 is 11.3 Å². The van der Waals surface area contributed by atoms with Gasteiger partial charge in [0.2, 0.25) is 0 Å². The lowest BCUT2D eigenvalue weighted by atomic mass is 9.95. The average molecular weight is 267 g/mol. The van der Waals surface area contributed by atoms with Gasteiger partial charge in [-0.25, -0.2) is 0 Å². The third-order valence-corrected chi connectivity index (χ3v) is 4.86. The van der Waals surface area contributed by atoms with Crippen LogP contribution in [0.15, 0.2) is 12.1 Å². The van der Waals surface area contributed by atoms with Gasteiger partial charge in [-0.2, -0.15) is 0 Å². The molecule has 102 valence electrons. The van der Waals surface area contributed by atoms with Crippen LogP contribution in [0.5, 0.6) is 0 Å². The second kappa shape index (κ2) is 6.18. The van der Waals surface area contributed by atoms with Crippen LogP contribution in [0, 0.1) is 0 Å². The molecule has 1 aliphatic rings. The van der Waals surface area contributed by atoms with E-state index in [4.69, 9.17) is 4.74 Å². The van der Waals surface area contributed by atoms with E-state index in [0.717, 1.165) is 19.7 Å². The summed E-state index contributed by atoms with van der Waals surface area (Å²) in [6.07, 6.45) is 4.20. The lowest BCUT2D eigenvalue weighted by molar-refractivity contribution is 0.0168. The molecule has 1 aromatic heterocycles. The van der Waals surface area contributed by atoms with E-state index in [0.29, 0.717) is 6.10 Å². The Morgan fingerprint density at radius 2 is 2.17 bits per heavy atom. The molecule has 0 spiro atoms. The molecule has 1 atom stereocenters. The summed E-state index contributed by atoms with van der Waals surface area (Å²) in [6, 6.07) is 4.51. The Bertz CT molecular complexity index is 361. The lowest BCUT2D eigenvalue weighted by Gasteiger charge is -2.22. The minimum Gasteiger partial charge on any atom is -0.377 e. The molecule has 1 fully saturated rings. The van der Waals surface area contributed by atoms with Crippen LogP contribution in [0.3, 0.4) is 0 Å². The average Bonchev–Trinajstić information content (AvgIpc) is 2.79. The minimum atomic E-state index is 0.273. The molecule has 0 aliphatic carbocycles. The Morgan fingerprint density at radius 3 is 2.78 bits per heavy atom. The highest BCUT2D eigenvalue weighted by atomic mass is 32.1. The van der Waals surface area contributed by atoms with Gasteiger partial charge in [0, 0.05) is 29.5 Å². The van der Waals surface area contributed by atoms with Gasteiger partial charge in [0.1, 0.15) is 0 Å². The number of thiophene rings is 1. The highest BCUT2D eigenvalue weighted by Gasteiger charge is 2.16. The summed E-state index contributed by atoms with van der Waals surface area (Å²) in [6.45, 7) is 9.71. The Hall–Kier alpha value is -0.380. The Labute approximate surface area is 115 Å². The zero-order valence-corrected chi connectivity index (χ0v) is 12.6. The van der Waals surface area contributed by atoms with E-state index in [2.05, 4.69) is 38.2 Å². The van der Waals surface area contributed by atoms with Crippen LogP contribution < -0.4 is 5.32 Å². The molecule has 0 radical (unpaired) electrons. The van der Waals surface area contributed by atoms with Crippen LogP contribution in [-0.4, -0.2) is 19.3 Å². The fourth-order valence-corrected chi connectivity index (χ4v) is 3.24. The summed E-state index contributed by atoms with van der Waals surface area (Å²) in [5.74, 6) is 0. The predicted octanol–water partition coefficient (Wildman–Crippen LogP) is 3.70. The lowest BCUT2D eigenvalue weighted by Crippen LogP contribution is -2.31. The fraction of sp³-hybridized carbons (Fsp3) is 0.733. The normalized spacial score (nSPS) is 21.2. The van der Waals surface area contributed by atoms with Crippen molar-refractivity contribution >= 4 is 11.3 Å². The van der Waals surface area contributed by atoms with Crippen molar-refractivity contribution in [3.63, 3.8) is 0 Å². The van der Waals surface area contributed by atoms with Crippen molar-refractivity contribution in [1.82, 2.24) is 5.32 Å². The zero-order valence-electron chi connectivity index (χ0n) is 11.8. The molecule has 1 saturated heterocycles. The minimum absolute atomic E-state index is 0.273. The van der Waals surface area contributed by atoms with Crippen LogP contribution in [0.2, 0.25) is 0 Å². The number of rotatable bonds is 4. The van der Waals surface area contributed by atoms with E-state index >= 15 is 0 Å². The number of hydrogen-bond donors (Lipinski definition) is 1. The summed E-state index contributed by atoms with van der Waals surface area (Å²) in [5.41, 5.74) is 0.273. The maximum atomic E-state index is 5.72. The Balaban J connectivity index is 1.74. The maximum Gasteiger partial charge on any atom is 0.0699 e. The molecule has 1 unspecified atom stereocenters. The van der Waals surface area contributed by atoms with E-state index in [1.54, 1.807) is 0 Å². The van der Waals surface area contributed by atoms with E-state index in [1.807, 2.05) is 11.3 Å². The van der Waals surface area contributed by atoms with Crippen molar-refractivity contribution in [3.05, 3.63) is 21.9 Å². The van der Waals surface area contributed by atoms with E-state index in [9.17, 15) is 0 Å². The molecule has 0 saturated carbocycles.